The van der Waals surface area contributed by atoms with E-state index in [0.717, 1.165) is 70.4 Å². The topological polar surface area (TPSA) is 62.0 Å². The molecule has 3 rings (SSSR count). The summed E-state index contributed by atoms with van der Waals surface area (Å²) in [5, 5.41) is 7.06. The molecule has 1 saturated heterocycles. The van der Waals surface area contributed by atoms with E-state index in [0.29, 0.717) is 6.04 Å². The Bertz CT molecular complexity index is 688. The molecule has 2 aromatic rings. The number of guanidine groups is 1. The molecule has 1 aromatic heterocycles. The minimum Gasteiger partial charge on any atom is -0.469 e. The zero-order valence-corrected chi connectivity index (χ0v) is 16.8. The van der Waals surface area contributed by atoms with E-state index in [1.54, 1.807) is 6.26 Å². The standard InChI is InChI=1S/C22H32N4O2/c1-2-27-16-7-13-23-22(24-14-11-21-10-6-17-28-21)25-19-12-15-26(18-19)20-8-4-3-5-9-20/h3-6,8-10,17,19H,2,7,11-16,18H2,1H3,(H2,23,24,25). The van der Waals surface area contributed by atoms with Crippen LogP contribution in [0, 0.1) is 0 Å². The number of rotatable bonds is 10. The molecule has 2 heterocycles. The van der Waals surface area contributed by atoms with E-state index < -0.39 is 0 Å². The summed E-state index contributed by atoms with van der Waals surface area (Å²) in [6.07, 6.45) is 4.59. The van der Waals surface area contributed by atoms with Crippen molar-refractivity contribution in [2.45, 2.75) is 32.2 Å². The molecule has 28 heavy (non-hydrogen) atoms. The zero-order chi connectivity index (χ0) is 19.4. The van der Waals surface area contributed by atoms with E-state index in [1.807, 2.05) is 19.1 Å². The molecule has 152 valence electrons. The Balaban J connectivity index is 1.49. The number of benzene rings is 1. The second-order valence-corrected chi connectivity index (χ2v) is 6.95. The van der Waals surface area contributed by atoms with Gasteiger partial charge in [0.15, 0.2) is 5.96 Å². The number of hydrogen-bond acceptors (Lipinski definition) is 4. The van der Waals surface area contributed by atoms with Crippen LogP contribution in [0.1, 0.15) is 25.5 Å². The SMILES string of the molecule is CCOCCCN=C(NCCc1ccco1)NC1CCN(c2ccccc2)C1. The lowest BCUT2D eigenvalue weighted by Gasteiger charge is -2.20. The molecule has 0 radical (unpaired) electrons. The predicted octanol–water partition coefficient (Wildman–Crippen LogP) is 3.06. The molecular formula is C22H32N4O2. The summed E-state index contributed by atoms with van der Waals surface area (Å²) in [5.74, 6) is 1.86. The Morgan fingerprint density at radius 2 is 2.14 bits per heavy atom. The van der Waals surface area contributed by atoms with E-state index in [1.165, 1.54) is 5.69 Å². The quantitative estimate of drug-likeness (QED) is 0.374. The first kappa shape index (κ1) is 20.3. The highest BCUT2D eigenvalue weighted by molar-refractivity contribution is 5.80. The molecule has 1 aliphatic heterocycles. The largest absolute Gasteiger partial charge is 0.469 e. The van der Waals surface area contributed by atoms with Gasteiger partial charge in [0.1, 0.15) is 5.76 Å². The fourth-order valence-electron chi connectivity index (χ4n) is 3.36. The summed E-state index contributed by atoms with van der Waals surface area (Å²) >= 11 is 0. The molecule has 6 nitrogen and oxygen atoms in total. The number of furan rings is 1. The van der Waals surface area contributed by atoms with Crippen molar-refractivity contribution >= 4 is 11.6 Å². The van der Waals surface area contributed by atoms with Crippen LogP contribution in [0.5, 0.6) is 0 Å². The van der Waals surface area contributed by atoms with Gasteiger partial charge in [0.25, 0.3) is 0 Å². The van der Waals surface area contributed by atoms with Crippen LogP contribution in [0.25, 0.3) is 0 Å². The van der Waals surface area contributed by atoms with E-state index in [9.17, 15) is 0 Å². The second-order valence-electron chi connectivity index (χ2n) is 6.95. The van der Waals surface area contributed by atoms with Crippen molar-refractivity contribution in [1.82, 2.24) is 10.6 Å². The Kier molecular flexibility index (Phi) is 8.25. The van der Waals surface area contributed by atoms with Crippen LogP contribution < -0.4 is 15.5 Å². The van der Waals surface area contributed by atoms with Crippen molar-refractivity contribution in [3.63, 3.8) is 0 Å². The van der Waals surface area contributed by atoms with Gasteiger partial charge < -0.3 is 24.7 Å². The van der Waals surface area contributed by atoms with Crippen molar-refractivity contribution in [3.05, 3.63) is 54.5 Å². The molecule has 0 aliphatic carbocycles. The van der Waals surface area contributed by atoms with Crippen molar-refractivity contribution in [1.29, 1.82) is 0 Å². The smallest absolute Gasteiger partial charge is 0.191 e. The number of aliphatic imine (C=N–C) groups is 1. The van der Waals surface area contributed by atoms with Gasteiger partial charge in [-0.2, -0.15) is 0 Å². The average molecular weight is 385 g/mol. The molecule has 6 heteroatoms. The van der Waals surface area contributed by atoms with Crippen LogP contribution in [0.3, 0.4) is 0 Å². The van der Waals surface area contributed by atoms with Gasteiger partial charge >= 0.3 is 0 Å². The lowest BCUT2D eigenvalue weighted by atomic mass is 10.2. The predicted molar refractivity (Wildman–Crippen MR) is 114 cm³/mol. The van der Waals surface area contributed by atoms with Gasteiger partial charge in [-0.05, 0) is 44.0 Å². The minimum absolute atomic E-state index is 0.391. The Hall–Kier alpha value is -2.47. The van der Waals surface area contributed by atoms with Crippen LogP contribution in [-0.2, 0) is 11.2 Å². The van der Waals surface area contributed by atoms with Gasteiger partial charge in [0.05, 0.1) is 6.26 Å². The maximum atomic E-state index is 5.41. The highest BCUT2D eigenvalue weighted by Crippen LogP contribution is 2.19. The van der Waals surface area contributed by atoms with Crippen LogP contribution >= 0.6 is 0 Å². The molecule has 1 aliphatic rings. The maximum Gasteiger partial charge on any atom is 0.191 e. The first-order valence-corrected chi connectivity index (χ1v) is 10.3. The Morgan fingerprint density at radius 3 is 2.93 bits per heavy atom. The average Bonchev–Trinajstić information content (AvgIpc) is 3.40. The minimum atomic E-state index is 0.391. The first-order chi connectivity index (χ1) is 13.8. The van der Waals surface area contributed by atoms with Gasteiger partial charge in [-0.15, -0.1) is 0 Å². The van der Waals surface area contributed by atoms with E-state index in [4.69, 9.17) is 14.1 Å². The zero-order valence-electron chi connectivity index (χ0n) is 16.8. The van der Waals surface area contributed by atoms with Crippen molar-refractivity contribution in [2.75, 3.05) is 44.3 Å². The van der Waals surface area contributed by atoms with Crippen molar-refractivity contribution < 1.29 is 9.15 Å². The Morgan fingerprint density at radius 1 is 1.25 bits per heavy atom. The fourth-order valence-corrected chi connectivity index (χ4v) is 3.36. The third-order valence-electron chi connectivity index (χ3n) is 4.82. The summed E-state index contributed by atoms with van der Waals surface area (Å²) in [7, 11) is 0. The highest BCUT2D eigenvalue weighted by atomic mass is 16.5. The van der Waals surface area contributed by atoms with Gasteiger partial charge in [-0.3, -0.25) is 4.99 Å². The number of nitrogens with zero attached hydrogens (tertiary/aromatic N) is 2. The molecule has 0 spiro atoms. The molecule has 0 bridgehead atoms. The Labute approximate surface area is 168 Å². The summed E-state index contributed by atoms with van der Waals surface area (Å²) < 4.78 is 10.8. The summed E-state index contributed by atoms with van der Waals surface area (Å²) in [5.41, 5.74) is 1.28. The van der Waals surface area contributed by atoms with Crippen LogP contribution in [-0.4, -0.2) is 51.4 Å². The fraction of sp³-hybridized carbons (Fsp3) is 0.500. The first-order valence-electron chi connectivity index (χ1n) is 10.3. The van der Waals surface area contributed by atoms with E-state index in [2.05, 4.69) is 45.9 Å². The van der Waals surface area contributed by atoms with Gasteiger partial charge in [0, 0.05) is 57.5 Å². The third-order valence-corrected chi connectivity index (χ3v) is 4.82. The number of hydrogen-bond donors (Lipinski definition) is 2. The van der Waals surface area contributed by atoms with Crippen molar-refractivity contribution in [2.24, 2.45) is 4.99 Å². The highest BCUT2D eigenvalue weighted by Gasteiger charge is 2.23. The van der Waals surface area contributed by atoms with E-state index >= 15 is 0 Å². The summed E-state index contributed by atoms with van der Waals surface area (Å²) in [6, 6.07) is 14.9. The summed E-state index contributed by atoms with van der Waals surface area (Å²) in [6.45, 7) is 7.13. The van der Waals surface area contributed by atoms with Gasteiger partial charge in [0.2, 0.25) is 0 Å². The monoisotopic (exact) mass is 384 g/mol. The molecule has 1 fully saturated rings. The van der Waals surface area contributed by atoms with Crippen LogP contribution in [0.15, 0.2) is 58.1 Å². The van der Waals surface area contributed by atoms with Crippen molar-refractivity contribution in [3.8, 4) is 0 Å². The normalized spacial score (nSPS) is 17.1. The lowest BCUT2D eigenvalue weighted by molar-refractivity contribution is 0.146. The van der Waals surface area contributed by atoms with Gasteiger partial charge in [-0.1, -0.05) is 18.2 Å². The number of nitrogens with one attached hydrogen (secondary N) is 2. The van der Waals surface area contributed by atoms with Crippen LogP contribution in [0.2, 0.25) is 0 Å². The molecular weight excluding hydrogens is 352 g/mol. The lowest BCUT2D eigenvalue weighted by Crippen LogP contribution is -2.45. The third kappa shape index (κ3) is 6.60. The molecule has 1 unspecified atom stereocenters. The number of ether oxygens (including phenoxy) is 1. The number of para-hydroxylation sites is 1. The molecule has 1 atom stereocenters. The second kappa shape index (κ2) is 11.4. The number of anilines is 1. The van der Waals surface area contributed by atoms with E-state index in [-0.39, 0.29) is 0 Å². The van der Waals surface area contributed by atoms with Gasteiger partial charge in [-0.25, -0.2) is 0 Å². The molecule has 2 N–H and O–H groups in total. The molecule has 0 amide bonds. The maximum absolute atomic E-state index is 5.41. The molecule has 0 saturated carbocycles. The molecule has 1 aromatic carbocycles. The van der Waals surface area contributed by atoms with Crippen LogP contribution in [0.4, 0.5) is 5.69 Å². The summed E-state index contributed by atoms with van der Waals surface area (Å²) in [4.78, 5) is 7.16.